The number of nitrogens with one attached hydrogen (secondary N) is 1. The fourth-order valence-corrected chi connectivity index (χ4v) is 2.56. The zero-order valence-corrected chi connectivity index (χ0v) is 11.0. The third kappa shape index (κ3) is 2.94. The van der Waals surface area contributed by atoms with Crippen LogP contribution in [0.25, 0.3) is 0 Å². The van der Waals surface area contributed by atoms with Crippen molar-refractivity contribution in [1.29, 1.82) is 0 Å². The predicted octanol–water partition coefficient (Wildman–Crippen LogP) is 0.412. The molecule has 0 unspecified atom stereocenters. The topological polar surface area (TPSA) is 130 Å². The smallest absolute Gasteiger partial charge is 0.329 e. The first-order valence-corrected chi connectivity index (χ1v) is 6.53. The third-order valence-electron chi connectivity index (χ3n) is 3.45. The lowest BCUT2D eigenvalue weighted by atomic mass is 10.2. The Morgan fingerprint density at radius 2 is 2.25 bits per heavy atom. The molecule has 9 nitrogen and oxygen atoms in total. The molecule has 110 valence electrons. The van der Waals surface area contributed by atoms with Crippen LogP contribution in [0.3, 0.4) is 0 Å². The second-order valence-corrected chi connectivity index (χ2v) is 4.66. The predicted molar refractivity (Wildman–Crippen MR) is 73.2 cm³/mol. The van der Waals surface area contributed by atoms with E-state index >= 15 is 0 Å². The lowest BCUT2D eigenvalue weighted by Gasteiger charge is -2.28. The zero-order valence-electron chi connectivity index (χ0n) is 11.0. The molecule has 20 heavy (non-hydrogen) atoms. The molecule has 1 aliphatic rings. The van der Waals surface area contributed by atoms with Crippen molar-refractivity contribution in [3.8, 4) is 0 Å². The molecule has 9 heteroatoms. The number of anilines is 2. The Labute approximate surface area is 115 Å². The lowest BCUT2D eigenvalue weighted by molar-refractivity contribution is -0.384. The summed E-state index contributed by atoms with van der Waals surface area (Å²) >= 11 is 0. The van der Waals surface area contributed by atoms with Gasteiger partial charge >= 0.3 is 5.69 Å². The molecule has 1 fully saturated rings. The van der Waals surface area contributed by atoms with Gasteiger partial charge in [0.2, 0.25) is 11.8 Å². The van der Waals surface area contributed by atoms with Gasteiger partial charge in [-0.3, -0.25) is 15.5 Å². The van der Waals surface area contributed by atoms with Gasteiger partial charge in [0.05, 0.1) is 11.5 Å². The summed E-state index contributed by atoms with van der Waals surface area (Å²) in [6.45, 7) is 0.204. The highest BCUT2D eigenvalue weighted by molar-refractivity contribution is 5.59. The van der Waals surface area contributed by atoms with Crippen LogP contribution in [0, 0.1) is 10.1 Å². The summed E-state index contributed by atoms with van der Waals surface area (Å²) in [5.41, 5.74) is 2.11. The van der Waals surface area contributed by atoms with Gasteiger partial charge < -0.3 is 10.0 Å². The van der Waals surface area contributed by atoms with Gasteiger partial charge in [0.1, 0.15) is 6.20 Å². The number of nitrogen functional groups attached to an aromatic ring is 1. The first-order valence-electron chi connectivity index (χ1n) is 6.53. The van der Waals surface area contributed by atoms with E-state index in [1.807, 2.05) is 0 Å². The molecule has 0 atom stereocenters. The van der Waals surface area contributed by atoms with Crippen LogP contribution in [0.4, 0.5) is 17.5 Å². The molecule has 0 amide bonds. The normalized spacial score (nSPS) is 15.3. The van der Waals surface area contributed by atoms with Crippen molar-refractivity contribution in [2.75, 3.05) is 23.5 Å². The number of aromatic nitrogens is 2. The molecule has 0 radical (unpaired) electrons. The maximum absolute atomic E-state index is 11.1. The van der Waals surface area contributed by atoms with Crippen LogP contribution in [0.15, 0.2) is 6.20 Å². The number of nitro groups is 1. The van der Waals surface area contributed by atoms with Gasteiger partial charge in [0.15, 0.2) is 0 Å². The summed E-state index contributed by atoms with van der Waals surface area (Å²) in [7, 11) is 0. The molecule has 0 spiro atoms. The third-order valence-corrected chi connectivity index (χ3v) is 3.45. The second-order valence-electron chi connectivity index (χ2n) is 4.66. The van der Waals surface area contributed by atoms with Gasteiger partial charge in [0, 0.05) is 12.6 Å². The van der Waals surface area contributed by atoms with Crippen molar-refractivity contribution in [3.63, 3.8) is 0 Å². The Kier molecular flexibility index (Phi) is 4.64. The van der Waals surface area contributed by atoms with Crippen LogP contribution in [-0.4, -0.2) is 39.2 Å². The molecule has 0 aliphatic heterocycles. The molecule has 2 rings (SSSR count). The van der Waals surface area contributed by atoms with E-state index in [0.29, 0.717) is 6.54 Å². The highest BCUT2D eigenvalue weighted by Crippen LogP contribution is 2.32. The summed E-state index contributed by atoms with van der Waals surface area (Å²) in [6, 6.07) is 0.154. The van der Waals surface area contributed by atoms with Crippen LogP contribution >= 0.6 is 0 Å². The van der Waals surface area contributed by atoms with E-state index in [1.165, 1.54) is 0 Å². The molecule has 1 saturated carbocycles. The molecule has 1 aliphatic carbocycles. The summed E-state index contributed by atoms with van der Waals surface area (Å²) in [5.74, 6) is 5.58. The van der Waals surface area contributed by atoms with Gasteiger partial charge in [-0.05, 0) is 12.8 Å². The monoisotopic (exact) mass is 282 g/mol. The maximum Gasteiger partial charge on any atom is 0.329 e. The van der Waals surface area contributed by atoms with Gasteiger partial charge in [-0.2, -0.15) is 4.98 Å². The van der Waals surface area contributed by atoms with Gasteiger partial charge in [-0.25, -0.2) is 10.8 Å². The molecule has 0 saturated heterocycles. The number of hydrogen-bond donors (Lipinski definition) is 3. The minimum absolute atomic E-state index is 0.0942. The Morgan fingerprint density at radius 3 is 2.80 bits per heavy atom. The second kappa shape index (κ2) is 6.44. The molecular weight excluding hydrogens is 264 g/mol. The molecule has 1 aromatic heterocycles. The number of hydrazine groups is 1. The van der Waals surface area contributed by atoms with Crippen molar-refractivity contribution < 1.29 is 10.0 Å². The summed E-state index contributed by atoms with van der Waals surface area (Å²) in [5, 5.41) is 20.3. The number of aliphatic hydroxyl groups excluding tert-OH is 1. The number of aliphatic hydroxyl groups is 1. The highest BCUT2D eigenvalue weighted by Gasteiger charge is 2.29. The quantitative estimate of drug-likeness (QED) is 0.388. The van der Waals surface area contributed by atoms with Gasteiger partial charge in [-0.1, -0.05) is 12.8 Å². The molecule has 1 heterocycles. The largest absolute Gasteiger partial charge is 0.395 e. The molecule has 4 N–H and O–H groups in total. The Morgan fingerprint density at radius 1 is 1.55 bits per heavy atom. The van der Waals surface area contributed by atoms with E-state index in [-0.39, 0.29) is 30.1 Å². The standard InChI is InChI=1S/C11H18N6O3/c12-15-11-13-7-9(17(19)20)10(14-11)16(5-6-18)8-3-1-2-4-8/h7-8,18H,1-6,12H2,(H,13,14,15). The van der Waals surface area contributed by atoms with Crippen molar-refractivity contribution in [1.82, 2.24) is 9.97 Å². The van der Waals surface area contributed by atoms with E-state index in [1.54, 1.807) is 4.90 Å². The minimum Gasteiger partial charge on any atom is -0.395 e. The lowest BCUT2D eigenvalue weighted by Crippen LogP contribution is -2.37. The maximum atomic E-state index is 11.1. The minimum atomic E-state index is -0.519. The average molecular weight is 282 g/mol. The van der Waals surface area contributed by atoms with E-state index in [4.69, 9.17) is 5.84 Å². The van der Waals surface area contributed by atoms with E-state index in [9.17, 15) is 15.2 Å². The van der Waals surface area contributed by atoms with E-state index < -0.39 is 4.92 Å². The first kappa shape index (κ1) is 14.4. The number of nitrogens with two attached hydrogens (primary N) is 1. The Hall–Kier alpha value is -2.00. The summed E-state index contributed by atoms with van der Waals surface area (Å²) in [6.07, 6.45) is 5.16. The van der Waals surface area contributed by atoms with Crippen LogP contribution in [0.1, 0.15) is 25.7 Å². The van der Waals surface area contributed by atoms with Crippen LogP contribution in [-0.2, 0) is 0 Å². The van der Waals surface area contributed by atoms with Crippen LogP contribution in [0.5, 0.6) is 0 Å². The van der Waals surface area contributed by atoms with Crippen molar-refractivity contribution in [3.05, 3.63) is 16.3 Å². The number of nitrogens with zero attached hydrogens (tertiary/aromatic N) is 4. The fraction of sp³-hybridized carbons (Fsp3) is 0.636. The van der Waals surface area contributed by atoms with E-state index in [0.717, 1.165) is 31.9 Å². The first-order chi connectivity index (χ1) is 9.67. The Balaban J connectivity index is 2.41. The fourth-order valence-electron chi connectivity index (χ4n) is 2.56. The van der Waals surface area contributed by atoms with Gasteiger partial charge in [-0.15, -0.1) is 0 Å². The van der Waals surface area contributed by atoms with Gasteiger partial charge in [0.25, 0.3) is 0 Å². The summed E-state index contributed by atoms with van der Waals surface area (Å²) < 4.78 is 0. The average Bonchev–Trinajstić information content (AvgIpc) is 2.97. The summed E-state index contributed by atoms with van der Waals surface area (Å²) in [4.78, 5) is 20.3. The van der Waals surface area contributed by atoms with Crippen molar-refractivity contribution in [2.45, 2.75) is 31.7 Å². The molecular formula is C11H18N6O3. The van der Waals surface area contributed by atoms with Crippen molar-refractivity contribution >= 4 is 17.5 Å². The number of rotatable bonds is 6. The molecule has 1 aromatic rings. The van der Waals surface area contributed by atoms with Crippen LogP contribution in [0.2, 0.25) is 0 Å². The number of hydrogen-bond acceptors (Lipinski definition) is 8. The van der Waals surface area contributed by atoms with E-state index in [2.05, 4.69) is 15.4 Å². The van der Waals surface area contributed by atoms with Crippen LogP contribution < -0.4 is 16.2 Å². The molecule has 0 bridgehead atoms. The van der Waals surface area contributed by atoms with Crippen molar-refractivity contribution in [2.24, 2.45) is 5.84 Å². The Bertz CT molecular complexity index is 477. The zero-order chi connectivity index (χ0) is 14.5. The SMILES string of the molecule is NNc1ncc([N+](=O)[O-])c(N(CCO)C2CCCC2)n1. The highest BCUT2D eigenvalue weighted by atomic mass is 16.6. The molecule has 0 aromatic carbocycles.